The first-order valence-electron chi connectivity index (χ1n) is 11.7. The van der Waals surface area contributed by atoms with Gasteiger partial charge in [-0.25, -0.2) is 4.98 Å². The summed E-state index contributed by atoms with van der Waals surface area (Å²) >= 11 is 0. The maximum absolute atomic E-state index is 12.2. The highest BCUT2D eigenvalue weighted by atomic mass is 16.4. The smallest absolute Gasteiger partial charge is 0.305 e. The van der Waals surface area contributed by atoms with Crippen molar-refractivity contribution in [3.8, 4) is 11.5 Å². The van der Waals surface area contributed by atoms with Gasteiger partial charge in [-0.2, -0.15) is 0 Å². The van der Waals surface area contributed by atoms with E-state index in [-0.39, 0.29) is 24.9 Å². The standard InChI is InChI=1S/C28H29N3O4/c1-18(2)17-24(30-22-13-11-20(12-14-22)27(34)29-16-15-26(32)33)19-7-9-21(10-8-19)28-31-23-5-3-4-6-25(23)35-28/h3-14,18,24,30H,15-17H2,1-2H3,(H,29,34)(H,32,33). The number of para-hydroxylation sites is 2. The number of nitrogens with zero attached hydrogens (tertiary/aromatic N) is 1. The van der Waals surface area contributed by atoms with Crippen LogP contribution in [0.1, 0.15) is 48.7 Å². The number of aliphatic carboxylic acids is 1. The summed E-state index contributed by atoms with van der Waals surface area (Å²) in [4.78, 5) is 27.4. The molecule has 180 valence electrons. The number of carboxylic acids is 1. The van der Waals surface area contributed by atoms with Crippen LogP contribution in [-0.2, 0) is 4.79 Å². The molecule has 7 nitrogen and oxygen atoms in total. The number of benzene rings is 3. The molecule has 35 heavy (non-hydrogen) atoms. The van der Waals surface area contributed by atoms with Crippen LogP contribution < -0.4 is 10.6 Å². The minimum atomic E-state index is -0.942. The largest absolute Gasteiger partial charge is 0.481 e. The van der Waals surface area contributed by atoms with Gasteiger partial charge in [0.25, 0.3) is 5.91 Å². The number of rotatable bonds is 10. The average molecular weight is 472 g/mol. The molecule has 0 aliphatic carbocycles. The van der Waals surface area contributed by atoms with Crippen molar-refractivity contribution in [2.45, 2.75) is 32.7 Å². The van der Waals surface area contributed by atoms with E-state index in [1.54, 1.807) is 12.1 Å². The first-order valence-corrected chi connectivity index (χ1v) is 11.7. The average Bonchev–Trinajstić information content (AvgIpc) is 3.28. The van der Waals surface area contributed by atoms with Crippen molar-refractivity contribution in [2.75, 3.05) is 11.9 Å². The molecule has 3 aromatic carbocycles. The van der Waals surface area contributed by atoms with Gasteiger partial charge in [0.2, 0.25) is 5.89 Å². The van der Waals surface area contributed by atoms with Crippen LogP contribution in [0.4, 0.5) is 5.69 Å². The lowest BCUT2D eigenvalue weighted by Gasteiger charge is -2.22. The Bertz CT molecular complexity index is 1260. The van der Waals surface area contributed by atoms with Gasteiger partial charge in [0.15, 0.2) is 5.58 Å². The molecule has 0 radical (unpaired) electrons. The van der Waals surface area contributed by atoms with Gasteiger partial charge in [-0.3, -0.25) is 9.59 Å². The second-order valence-electron chi connectivity index (χ2n) is 8.91. The molecule has 1 aromatic heterocycles. The third-order valence-corrected chi connectivity index (χ3v) is 5.67. The highest BCUT2D eigenvalue weighted by Gasteiger charge is 2.15. The molecule has 0 spiro atoms. The summed E-state index contributed by atoms with van der Waals surface area (Å²) < 4.78 is 5.89. The predicted octanol–water partition coefficient (Wildman–Crippen LogP) is 5.90. The van der Waals surface area contributed by atoms with Crippen molar-refractivity contribution in [1.29, 1.82) is 0 Å². The normalized spacial score (nSPS) is 12.0. The molecule has 0 fully saturated rings. The molecule has 1 heterocycles. The molecule has 1 atom stereocenters. The van der Waals surface area contributed by atoms with Gasteiger partial charge in [-0.15, -0.1) is 0 Å². The molecule has 0 saturated carbocycles. The fourth-order valence-corrected chi connectivity index (χ4v) is 3.91. The van der Waals surface area contributed by atoms with E-state index in [0.717, 1.165) is 34.3 Å². The highest BCUT2D eigenvalue weighted by Crippen LogP contribution is 2.29. The summed E-state index contributed by atoms with van der Waals surface area (Å²) in [6, 6.07) is 23.3. The maximum atomic E-state index is 12.2. The van der Waals surface area contributed by atoms with Crippen molar-refractivity contribution < 1.29 is 19.1 Å². The zero-order valence-corrected chi connectivity index (χ0v) is 19.8. The second kappa shape index (κ2) is 10.9. The Labute approximate surface area is 204 Å². The summed E-state index contributed by atoms with van der Waals surface area (Å²) in [5.41, 5.74) is 5.07. The molecule has 1 amide bonds. The van der Waals surface area contributed by atoms with E-state index in [0.29, 0.717) is 17.4 Å². The molecule has 3 N–H and O–H groups in total. The van der Waals surface area contributed by atoms with Crippen molar-refractivity contribution in [1.82, 2.24) is 10.3 Å². The van der Waals surface area contributed by atoms with Gasteiger partial charge < -0.3 is 20.2 Å². The summed E-state index contributed by atoms with van der Waals surface area (Å²) in [5, 5.41) is 14.9. The number of nitrogens with one attached hydrogen (secondary N) is 2. The number of carbonyl (C=O) groups is 2. The van der Waals surface area contributed by atoms with Gasteiger partial charge in [-0.05, 0) is 66.4 Å². The predicted molar refractivity (Wildman–Crippen MR) is 136 cm³/mol. The fourth-order valence-electron chi connectivity index (χ4n) is 3.91. The van der Waals surface area contributed by atoms with Crippen LogP contribution in [0.2, 0.25) is 0 Å². The van der Waals surface area contributed by atoms with Gasteiger partial charge in [0.05, 0.1) is 12.5 Å². The number of fused-ring (bicyclic) bond motifs is 1. The Hall–Kier alpha value is -4.13. The number of hydrogen-bond acceptors (Lipinski definition) is 5. The van der Waals surface area contributed by atoms with Gasteiger partial charge in [0, 0.05) is 23.4 Å². The first kappa shape index (κ1) is 24.0. The van der Waals surface area contributed by atoms with E-state index in [2.05, 4.69) is 41.6 Å². The number of hydrogen-bond donors (Lipinski definition) is 3. The van der Waals surface area contributed by atoms with Crippen LogP contribution in [0.15, 0.2) is 77.2 Å². The minimum absolute atomic E-state index is 0.0860. The summed E-state index contributed by atoms with van der Waals surface area (Å²) in [5.74, 6) is -0.152. The van der Waals surface area contributed by atoms with Crippen LogP contribution in [-0.4, -0.2) is 28.5 Å². The lowest BCUT2D eigenvalue weighted by atomic mass is 9.95. The van der Waals surface area contributed by atoms with E-state index in [9.17, 15) is 9.59 Å². The van der Waals surface area contributed by atoms with Crippen LogP contribution in [0.3, 0.4) is 0 Å². The van der Waals surface area contributed by atoms with Gasteiger partial charge in [0.1, 0.15) is 5.52 Å². The Morgan fingerprint density at radius 3 is 2.34 bits per heavy atom. The van der Waals surface area contributed by atoms with Crippen molar-refractivity contribution in [3.63, 3.8) is 0 Å². The minimum Gasteiger partial charge on any atom is -0.481 e. The number of amides is 1. The lowest BCUT2D eigenvalue weighted by molar-refractivity contribution is -0.136. The van der Waals surface area contributed by atoms with Crippen molar-refractivity contribution in [3.05, 3.63) is 83.9 Å². The van der Waals surface area contributed by atoms with Crippen LogP contribution in [0.25, 0.3) is 22.6 Å². The van der Waals surface area contributed by atoms with Crippen LogP contribution >= 0.6 is 0 Å². The first-order chi connectivity index (χ1) is 16.9. The van der Waals surface area contributed by atoms with Crippen molar-refractivity contribution >= 4 is 28.7 Å². The van der Waals surface area contributed by atoms with E-state index in [1.807, 2.05) is 48.5 Å². The molecule has 0 bridgehead atoms. The number of carbonyl (C=O) groups excluding carboxylic acids is 1. The zero-order valence-electron chi connectivity index (χ0n) is 19.8. The van der Waals surface area contributed by atoms with Crippen LogP contribution in [0.5, 0.6) is 0 Å². The van der Waals surface area contributed by atoms with E-state index in [1.165, 1.54) is 0 Å². The Kier molecular flexibility index (Phi) is 7.45. The van der Waals surface area contributed by atoms with Gasteiger partial charge >= 0.3 is 5.97 Å². The number of oxazole rings is 1. The van der Waals surface area contributed by atoms with Gasteiger partial charge in [-0.1, -0.05) is 38.1 Å². The topological polar surface area (TPSA) is 104 Å². The molecule has 0 aliphatic rings. The Morgan fingerprint density at radius 1 is 0.971 bits per heavy atom. The maximum Gasteiger partial charge on any atom is 0.305 e. The summed E-state index contributed by atoms with van der Waals surface area (Å²) in [6.07, 6.45) is 0.827. The van der Waals surface area contributed by atoms with E-state index in [4.69, 9.17) is 9.52 Å². The molecule has 0 saturated heterocycles. The second-order valence-corrected chi connectivity index (χ2v) is 8.91. The highest BCUT2D eigenvalue weighted by molar-refractivity contribution is 5.94. The molecule has 4 rings (SSSR count). The molecular weight excluding hydrogens is 442 g/mol. The quantitative estimate of drug-likeness (QED) is 0.266. The zero-order chi connectivity index (χ0) is 24.8. The molecule has 1 unspecified atom stereocenters. The van der Waals surface area contributed by atoms with E-state index < -0.39 is 5.97 Å². The summed E-state index contributed by atoms with van der Waals surface area (Å²) in [7, 11) is 0. The monoisotopic (exact) mass is 471 g/mol. The third-order valence-electron chi connectivity index (χ3n) is 5.67. The van der Waals surface area contributed by atoms with Crippen LogP contribution in [0, 0.1) is 5.92 Å². The molecule has 4 aromatic rings. The third kappa shape index (κ3) is 6.26. The SMILES string of the molecule is CC(C)CC(Nc1ccc(C(=O)NCCC(=O)O)cc1)c1ccc(-c2nc3ccccc3o2)cc1. The fraction of sp³-hybridized carbons (Fsp3) is 0.250. The van der Waals surface area contributed by atoms with Crippen molar-refractivity contribution in [2.24, 2.45) is 5.92 Å². The number of anilines is 1. The summed E-state index contributed by atoms with van der Waals surface area (Å²) in [6.45, 7) is 4.47. The number of carboxylic acid groups (broad SMARTS) is 1. The molecule has 7 heteroatoms. The molecule has 0 aliphatic heterocycles. The Balaban J connectivity index is 1.46. The van der Waals surface area contributed by atoms with E-state index >= 15 is 0 Å². The molecular formula is C28H29N3O4. The lowest BCUT2D eigenvalue weighted by Crippen LogP contribution is -2.25. The number of aromatic nitrogens is 1. The Morgan fingerprint density at radius 2 is 1.69 bits per heavy atom.